The lowest BCUT2D eigenvalue weighted by atomic mass is 9.78. The zero-order valence-electron chi connectivity index (χ0n) is 56.4. The number of nitrogens with zero attached hydrogens (tertiary/aromatic N) is 7. The Labute approximate surface area is 542 Å². The van der Waals surface area contributed by atoms with Gasteiger partial charge in [0.25, 0.3) is 0 Å². The van der Waals surface area contributed by atoms with Gasteiger partial charge >= 0.3 is 6.18 Å². The lowest BCUT2D eigenvalue weighted by Crippen LogP contribution is -2.64. The Hall–Kier alpha value is -5.75. The van der Waals surface area contributed by atoms with E-state index in [2.05, 4.69) is 21.3 Å². The largest absolute Gasteiger partial charge is 0.393 e. The van der Waals surface area contributed by atoms with Crippen LogP contribution in [0.4, 0.5) is 13.2 Å². The van der Waals surface area contributed by atoms with Crippen LogP contribution in [0, 0.1) is 35.5 Å². The van der Waals surface area contributed by atoms with Crippen LogP contribution in [0.2, 0.25) is 0 Å². The summed E-state index contributed by atoms with van der Waals surface area (Å²) in [6.45, 7) is 11.1. The van der Waals surface area contributed by atoms with Crippen LogP contribution < -0.4 is 21.3 Å². The number of nitrogens with one attached hydrogen (secondary N) is 4. The summed E-state index contributed by atoms with van der Waals surface area (Å²) >= 11 is 6.36. The van der Waals surface area contributed by atoms with Crippen LogP contribution in [-0.2, 0) is 52.7 Å². The van der Waals surface area contributed by atoms with E-state index in [9.17, 15) is 56.3 Å². The molecule has 91 heavy (non-hydrogen) atoms. The van der Waals surface area contributed by atoms with Crippen molar-refractivity contribution >= 4 is 76.6 Å². The molecule has 0 aromatic rings. The van der Waals surface area contributed by atoms with Crippen molar-refractivity contribution in [2.45, 2.75) is 243 Å². The molecule has 5 rings (SSSR count). The van der Waals surface area contributed by atoms with Gasteiger partial charge in [-0.05, 0) is 114 Å². The van der Waals surface area contributed by atoms with E-state index in [-0.39, 0.29) is 94.9 Å². The summed E-state index contributed by atoms with van der Waals surface area (Å²) in [5.41, 5.74) is -1.48. The van der Waals surface area contributed by atoms with Crippen molar-refractivity contribution in [2.75, 3.05) is 68.5 Å². The Kier molecular flexibility index (Phi) is 28.3. The maximum Gasteiger partial charge on any atom is 0.393 e. The maximum atomic E-state index is 15.0. The Balaban J connectivity index is 1.52. The van der Waals surface area contributed by atoms with Crippen LogP contribution in [0.3, 0.4) is 0 Å². The second-order valence-corrected chi connectivity index (χ2v) is 28.6. The zero-order valence-corrected chi connectivity index (χ0v) is 57.1. The van der Waals surface area contributed by atoms with Gasteiger partial charge in [0.2, 0.25) is 65.0 Å². The minimum atomic E-state index is -4.49. The van der Waals surface area contributed by atoms with E-state index >= 15 is 9.59 Å². The molecule has 1 spiro atoms. The fourth-order valence-electron chi connectivity index (χ4n) is 14.2. The molecule has 0 aromatic carbocycles. The number of likely N-dealkylation sites (N-methyl/N-ethyl adjacent to an activating group) is 6. The lowest BCUT2D eigenvalue weighted by Gasteiger charge is -2.39. The summed E-state index contributed by atoms with van der Waals surface area (Å²) in [6.07, 6.45) is 4.01. The van der Waals surface area contributed by atoms with Crippen LogP contribution in [0.15, 0.2) is 0 Å². The van der Waals surface area contributed by atoms with E-state index < -0.39 is 162 Å². The third-order valence-electron chi connectivity index (χ3n) is 20.0. The van der Waals surface area contributed by atoms with Gasteiger partial charge in [-0.2, -0.15) is 13.2 Å². The topological polar surface area (TPSA) is 259 Å². The third kappa shape index (κ3) is 20.4. The molecule has 5 aliphatic rings. The van der Waals surface area contributed by atoms with E-state index in [0.717, 1.165) is 41.9 Å². The second kappa shape index (κ2) is 33.9. The highest BCUT2D eigenvalue weighted by molar-refractivity contribution is 6.20. The molecule has 0 aromatic heterocycles. The van der Waals surface area contributed by atoms with Crippen molar-refractivity contribution in [3.63, 3.8) is 0 Å². The van der Waals surface area contributed by atoms with Gasteiger partial charge < -0.3 is 55.6 Å². The number of amides is 11. The molecule has 5 fully saturated rings. The standard InChI is InChI=1S/C65H107ClF3N11O11/c1-14-41(6)55-62(90)76(10)37-53(83)74(8)38-54(84)77(11)49(29-26-43-21-16-15-17-22-43)61(89)75(9)36-51(81)71-47(28-25-44-24-27-45(46(66)35-44)65(67,68)69)60(88)80-32-20-23-48(80)58(86)73-64(30-18-19-31-64)63(91)79(13)56(40(4)5)59(87)70-42(7)34-52(82)78(12)50(33-39(2)3)57(85)72-55/h39-50,55-56H,14-38H2,1-13H3,(H,70,87)(H,71,81)(H,72,85)(H,73,86)/t41-,42+,44?,45?,46?,47-,48-,49-,50-,55-,56-/m0/s1. The first-order chi connectivity index (χ1) is 42.6. The van der Waals surface area contributed by atoms with E-state index in [1.165, 1.54) is 66.8 Å². The fourth-order valence-corrected chi connectivity index (χ4v) is 14.7. The number of carbonyl (C=O) groups is 11. The Bertz CT molecular complexity index is 2570. The number of halogens is 4. The van der Waals surface area contributed by atoms with Gasteiger partial charge in [0.1, 0.15) is 41.8 Å². The maximum absolute atomic E-state index is 15.0. The lowest BCUT2D eigenvalue weighted by molar-refractivity contribution is -0.182. The molecular weight excluding hydrogens is 1200 g/mol. The quantitative estimate of drug-likeness (QED) is 0.185. The van der Waals surface area contributed by atoms with Crippen molar-refractivity contribution in [3.8, 4) is 0 Å². The van der Waals surface area contributed by atoms with Gasteiger partial charge in [-0.3, -0.25) is 52.7 Å². The number of fused-ring (bicyclic) bond motifs is 1. The van der Waals surface area contributed by atoms with Crippen LogP contribution in [0.1, 0.15) is 183 Å². The van der Waals surface area contributed by atoms with Crippen LogP contribution >= 0.6 is 11.6 Å². The number of rotatable bonds is 11. The molecule has 2 aliphatic heterocycles. The van der Waals surface area contributed by atoms with E-state index in [1.54, 1.807) is 27.7 Å². The summed E-state index contributed by atoms with van der Waals surface area (Å²) in [5.74, 6) is -9.35. The molecule has 0 bridgehead atoms. The van der Waals surface area contributed by atoms with Crippen LogP contribution in [-0.4, -0.2) is 227 Å². The van der Waals surface area contributed by atoms with Gasteiger partial charge in [0.15, 0.2) is 0 Å². The highest BCUT2D eigenvalue weighted by Crippen LogP contribution is 2.44. The summed E-state index contributed by atoms with van der Waals surface area (Å²) < 4.78 is 41.7. The number of carbonyl (C=O) groups excluding carboxylic acids is 11. The van der Waals surface area contributed by atoms with Gasteiger partial charge in [-0.1, -0.05) is 92.9 Å². The summed E-state index contributed by atoms with van der Waals surface area (Å²) in [5, 5.41) is 10.4. The fraction of sp³-hybridized carbons (Fsp3) is 0.831. The molecule has 3 unspecified atom stereocenters. The highest BCUT2D eigenvalue weighted by Gasteiger charge is 2.51. The van der Waals surface area contributed by atoms with Crippen molar-refractivity contribution in [1.29, 1.82) is 0 Å². The van der Waals surface area contributed by atoms with Gasteiger partial charge in [0, 0.05) is 66.7 Å². The van der Waals surface area contributed by atoms with Crippen molar-refractivity contribution in [2.24, 2.45) is 35.5 Å². The molecule has 516 valence electrons. The number of hydrogen-bond donors (Lipinski definition) is 4. The molecule has 26 heteroatoms. The molecule has 4 N–H and O–H groups in total. The SMILES string of the molecule is CC[C@H](C)[C@@H]1NC(=O)[C@H](CC(C)C)N(C)C(=O)C[C@@H](C)NC(=O)[C@H](C(C)C)N(C)C(=O)C2(CCCC2)NC(=O)[C@@H]2CCCN2C(=O)[C@H](CCC2CCC(C(F)(F)F)C(Cl)C2)NC(=O)CN(C)C(=O)[C@H](CCC2CCCCC2)N(C)C(=O)CN(C)C(=O)CN(C)C1=O. The minimum Gasteiger partial charge on any atom is -0.351 e. The Morgan fingerprint density at radius 3 is 1.79 bits per heavy atom. The molecule has 2 saturated heterocycles. The molecule has 11 amide bonds. The molecule has 3 aliphatic carbocycles. The van der Waals surface area contributed by atoms with Gasteiger partial charge in [-0.15, -0.1) is 11.6 Å². The molecule has 0 radical (unpaired) electrons. The first-order valence-electron chi connectivity index (χ1n) is 33.4. The first-order valence-corrected chi connectivity index (χ1v) is 33.8. The monoisotopic (exact) mass is 1310 g/mol. The number of alkyl halides is 4. The van der Waals surface area contributed by atoms with E-state index in [0.29, 0.717) is 32.1 Å². The van der Waals surface area contributed by atoms with E-state index in [1.807, 2.05) is 20.8 Å². The smallest absolute Gasteiger partial charge is 0.351 e. The first kappa shape index (κ1) is 76.0. The van der Waals surface area contributed by atoms with Gasteiger partial charge in [-0.25, -0.2) is 0 Å². The minimum absolute atomic E-state index is 0.0144. The predicted molar refractivity (Wildman–Crippen MR) is 338 cm³/mol. The highest BCUT2D eigenvalue weighted by atomic mass is 35.5. The van der Waals surface area contributed by atoms with Crippen LogP contribution in [0.5, 0.6) is 0 Å². The summed E-state index contributed by atoms with van der Waals surface area (Å²) in [4.78, 5) is 168. The molecule has 22 nitrogen and oxygen atoms in total. The van der Waals surface area contributed by atoms with E-state index in [4.69, 9.17) is 11.6 Å². The summed E-state index contributed by atoms with van der Waals surface area (Å²) in [7, 11) is 8.62. The molecule has 11 atom stereocenters. The Morgan fingerprint density at radius 2 is 1.20 bits per heavy atom. The van der Waals surface area contributed by atoms with Gasteiger partial charge in [0.05, 0.1) is 25.6 Å². The molecular formula is C65H107ClF3N11O11. The zero-order chi connectivity index (χ0) is 68.0. The van der Waals surface area contributed by atoms with Crippen molar-refractivity contribution < 1.29 is 65.9 Å². The average Bonchev–Trinajstić information content (AvgIpc) is 2.07. The van der Waals surface area contributed by atoms with Crippen molar-refractivity contribution in [1.82, 2.24) is 55.6 Å². The normalized spacial score (nSPS) is 29.7. The molecule has 3 saturated carbocycles. The predicted octanol–water partition coefficient (Wildman–Crippen LogP) is 5.62. The number of hydrogen-bond acceptors (Lipinski definition) is 11. The molecule has 2 heterocycles. The van der Waals surface area contributed by atoms with Crippen molar-refractivity contribution in [3.05, 3.63) is 0 Å². The summed E-state index contributed by atoms with van der Waals surface area (Å²) in [6, 6.07) is -7.58. The third-order valence-corrected chi connectivity index (χ3v) is 20.5. The average molecular weight is 1310 g/mol. The Morgan fingerprint density at radius 1 is 0.593 bits per heavy atom. The second-order valence-electron chi connectivity index (χ2n) is 28.0. The van der Waals surface area contributed by atoms with Crippen LogP contribution in [0.25, 0.3) is 0 Å².